The highest BCUT2D eigenvalue weighted by Gasteiger charge is 2.54. The summed E-state index contributed by atoms with van der Waals surface area (Å²) in [4.78, 5) is 0. The molecule has 6 N–H and O–H groups in total. The molecule has 3 rings (SSSR count). The average molecular weight is 438 g/mol. The maximum atomic E-state index is 10.2. The van der Waals surface area contributed by atoms with Crippen molar-refractivity contribution in [2.75, 3.05) is 33.0 Å². The topological polar surface area (TPSA) is 177 Å². The zero-order valence-electron chi connectivity index (χ0n) is 16.3. The van der Waals surface area contributed by atoms with E-state index in [4.69, 9.17) is 28.4 Å². The Labute approximate surface area is 173 Å². The van der Waals surface area contributed by atoms with Crippen molar-refractivity contribution in [3.05, 3.63) is 12.7 Å². The minimum absolute atomic E-state index is 0.0335. The van der Waals surface area contributed by atoms with Gasteiger partial charge in [-0.1, -0.05) is 6.08 Å². The second-order valence-corrected chi connectivity index (χ2v) is 7.49. The van der Waals surface area contributed by atoms with Crippen molar-refractivity contribution >= 4 is 0 Å². The number of hydrogen-bond acceptors (Lipinski definition) is 12. The van der Waals surface area contributed by atoms with E-state index in [-0.39, 0.29) is 33.0 Å². The minimum atomic E-state index is -1.59. The molecular weight excluding hydrogens is 408 g/mol. The van der Waals surface area contributed by atoms with Crippen LogP contribution in [0.15, 0.2) is 12.7 Å². The quantitative estimate of drug-likeness (QED) is 0.145. The molecule has 2 bridgehead atoms. The summed E-state index contributed by atoms with van der Waals surface area (Å²) < 4.78 is 32.3. The predicted octanol–water partition coefficient (Wildman–Crippen LogP) is -3.76. The number of fused-ring (bicyclic) bond motifs is 2. The molecule has 0 spiro atoms. The molecule has 0 radical (unpaired) electrons. The lowest BCUT2D eigenvalue weighted by Gasteiger charge is -2.43. The Morgan fingerprint density at radius 2 is 1.70 bits per heavy atom. The molecule has 3 fully saturated rings. The maximum Gasteiger partial charge on any atom is 0.187 e. The summed E-state index contributed by atoms with van der Waals surface area (Å²) in [7, 11) is 0. The summed E-state index contributed by atoms with van der Waals surface area (Å²) in [6.45, 7) is 3.57. The molecule has 0 amide bonds. The van der Waals surface area contributed by atoms with Gasteiger partial charge in [-0.2, -0.15) is 0 Å². The molecule has 174 valence electrons. The van der Waals surface area contributed by atoms with Crippen molar-refractivity contribution in [2.24, 2.45) is 0 Å². The molecule has 3 heterocycles. The first-order chi connectivity index (χ1) is 14.3. The molecule has 11 atom stereocenters. The molecule has 3 saturated heterocycles. The van der Waals surface area contributed by atoms with Crippen molar-refractivity contribution < 1.29 is 59.1 Å². The van der Waals surface area contributed by atoms with Crippen molar-refractivity contribution in [1.82, 2.24) is 0 Å². The fourth-order valence-corrected chi connectivity index (χ4v) is 3.58. The van der Waals surface area contributed by atoms with Gasteiger partial charge in [-0.25, -0.2) is 0 Å². The first-order valence-corrected chi connectivity index (χ1v) is 9.76. The van der Waals surface area contributed by atoms with Crippen LogP contribution >= 0.6 is 0 Å². The average Bonchev–Trinajstić information content (AvgIpc) is 3.03. The van der Waals surface area contributed by atoms with Crippen LogP contribution in [0.2, 0.25) is 0 Å². The largest absolute Gasteiger partial charge is 0.388 e. The lowest BCUT2D eigenvalue weighted by Crippen LogP contribution is -2.62. The van der Waals surface area contributed by atoms with Crippen LogP contribution in [0.1, 0.15) is 0 Å². The van der Waals surface area contributed by atoms with Gasteiger partial charge in [0, 0.05) is 0 Å². The third-order valence-corrected chi connectivity index (χ3v) is 5.18. The number of hydrogen-bond donors (Lipinski definition) is 6. The van der Waals surface area contributed by atoms with Gasteiger partial charge in [0.15, 0.2) is 12.6 Å². The highest BCUT2D eigenvalue weighted by atomic mass is 16.7. The highest BCUT2D eigenvalue weighted by molar-refractivity contribution is 4.98. The fraction of sp³-hybridized carbons (Fsp3) is 0.889. The van der Waals surface area contributed by atoms with E-state index in [1.54, 1.807) is 6.08 Å². The van der Waals surface area contributed by atoms with E-state index in [1.165, 1.54) is 0 Å². The van der Waals surface area contributed by atoms with Gasteiger partial charge in [-0.3, -0.25) is 0 Å². The van der Waals surface area contributed by atoms with E-state index in [2.05, 4.69) is 6.58 Å². The fourth-order valence-electron chi connectivity index (χ4n) is 3.58. The zero-order valence-corrected chi connectivity index (χ0v) is 16.3. The van der Waals surface area contributed by atoms with E-state index in [1.807, 2.05) is 0 Å². The van der Waals surface area contributed by atoms with Gasteiger partial charge in [0.25, 0.3) is 0 Å². The van der Waals surface area contributed by atoms with Gasteiger partial charge >= 0.3 is 0 Å². The normalized spacial score (nSPS) is 44.7. The first kappa shape index (κ1) is 23.9. The lowest BCUT2D eigenvalue weighted by atomic mass is 9.98. The SMILES string of the molecule is C=CCOC[C@@H](O)COC[C@@H]1O[C@H](O[C@H]2[C@H]3OC[C@H]2O[C@@H](O)[C@H]3O)[C@@H](O)[C@H](O)[C@H]1O. The molecule has 30 heavy (non-hydrogen) atoms. The summed E-state index contributed by atoms with van der Waals surface area (Å²) in [5.41, 5.74) is 0. The molecule has 0 unspecified atom stereocenters. The zero-order chi connectivity index (χ0) is 21.8. The van der Waals surface area contributed by atoms with Crippen LogP contribution in [0.25, 0.3) is 0 Å². The van der Waals surface area contributed by atoms with Crippen LogP contribution < -0.4 is 0 Å². The summed E-state index contributed by atoms with van der Waals surface area (Å²) >= 11 is 0. The van der Waals surface area contributed by atoms with Crippen molar-refractivity contribution in [2.45, 2.75) is 67.5 Å². The van der Waals surface area contributed by atoms with Crippen molar-refractivity contribution in [1.29, 1.82) is 0 Å². The molecule has 0 aromatic carbocycles. The van der Waals surface area contributed by atoms with E-state index < -0.39 is 67.5 Å². The Kier molecular flexibility index (Phi) is 8.55. The van der Waals surface area contributed by atoms with Gasteiger partial charge in [0.05, 0.1) is 33.0 Å². The number of aliphatic hydroxyl groups excluding tert-OH is 6. The van der Waals surface area contributed by atoms with Crippen LogP contribution in [-0.2, 0) is 28.4 Å². The molecule has 12 heteroatoms. The molecular formula is C18H30O12. The van der Waals surface area contributed by atoms with Gasteiger partial charge in [0.2, 0.25) is 0 Å². The molecule has 3 aliphatic heterocycles. The van der Waals surface area contributed by atoms with E-state index in [0.717, 1.165) is 0 Å². The third-order valence-electron chi connectivity index (χ3n) is 5.18. The van der Waals surface area contributed by atoms with Crippen LogP contribution in [0.5, 0.6) is 0 Å². The van der Waals surface area contributed by atoms with Gasteiger partial charge in [0.1, 0.15) is 54.9 Å². The lowest BCUT2D eigenvalue weighted by molar-refractivity contribution is -0.338. The Morgan fingerprint density at radius 3 is 2.43 bits per heavy atom. The molecule has 0 saturated carbocycles. The second-order valence-electron chi connectivity index (χ2n) is 7.49. The summed E-state index contributed by atoms with van der Waals surface area (Å²) in [5, 5.41) is 60.0. The Bertz CT molecular complexity index is 549. The predicted molar refractivity (Wildman–Crippen MR) is 96.0 cm³/mol. The standard InChI is InChI=1S/C18H30O12/c1-2-3-25-4-8(19)5-26-6-9-11(20)12(21)13(22)18(29-9)30-15-10-7-27-16(15)14(23)17(24)28-10/h2,8-24H,1,3-7H2/t8-,9+,10-,11+,12-,13+,14+,15-,16+,17-,18-/m1/s1. The summed E-state index contributed by atoms with van der Waals surface area (Å²) in [5.74, 6) is 0. The number of ether oxygens (including phenoxy) is 6. The van der Waals surface area contributed by atoms with Gasteiger partial charge in [-0.05, 0) is 0 Å². The van der Waals surface area contributed by atoms with Gasteiger partial charge in [-0.15, -0.1) is 6.58 Å². The van der Waals surface area contributed by atoms with E-state index in [0.29, 0.717) is 0 Å². The molecule has 3 aliphatic rings. The Morgan fingerprint density at radius 1 is 0.967 bits per heavy atom. The number of aliphatic hydroxyl groups is 6. The van der Waals surface area contributed by atoms with Crippen LogP contribution in [-0.4, -0.2) is 131 Å². The van der Waals surface area contributed by atoms with Gasteiger partial charge < -0.3 is 59.1 Å². The summed E-state index contributed by atoms with van der Waals surface area (Å²) in [6, 6.07) is 0. The molecule has 0 aliphatic carbocycles. The molecule has 12 nitrogen and oxygen atoms in total. The molecule has 0 aromatic rings. The third kappa shape index (κ3) is 5.35. The summed E-state index contributed by atoms with van der Waals surface area (Å²) in [6.07, 6.45) is -11.7. The van der Waals surface area contributed by atoms with Crippen LogP contribution in [0.4, 0.5) is 0 Å². The highest BCUT2D eigenvalue weighted by Crippen LogP contribution is 2.34. The van der Waals surface area contributed by atoms with Crippen LogP contribution in [0.3, 0.4) is 0 Å². The Balaban J connectivity index is 1.52. The Hall–Kier alpha value is -0.740. The van der Waals surface area contributed by atoms with Crippen molar-refractivity contribution in [3.63, 3.8) is 0 Å². The van der Waals surface area contributed by atoms with Crippen LogP contribution in [0, 0.1) is 0 Å². The first-order valence-electron chi connectivity index (χ1n) is 9.76. The second kappa shape index (κ2) is 10.7. The van der Waals surface area contributed by atoms with E-state index in [9.17, 15) is 30.6 Å². The monoisotopic (exact) mass is 438 g/mol. The van der Waals surface area contributed by atoms with E-state index >= 15 is 0 Å². The maximum absolute atomic E-state index is 10.2. The minimum Gasteiger partial charge on any atom is -0.388 e. The van der Waals surface area contributed by atoms with Crippen molar-refractivity contribution in [3.8, 4) is 0 Å². The number of rotatable bonds is 10. The smallest absolute Gasteiger partial charge is 0.187 e. The molecule has 0 aromatic heterocycles.